The van der Waals surface area contributed by atoms with Gasteiger partial charge >= 0.3 is 0 Å². The molecule has 0 atom stereocenters. The Balaban J connectivity index is 1.54. The number of nitrogens with one attached hydrogen (secondary N) is 2. The van der Waals surface area contributed by atoms with Crippen LogP contribution in [-0.2, 0) is 17.8 Å². The minimum Gasteiger partial charge on any atom is -0.324 e. The van der Waals surface area contributed by atoms with Crippen LogP contribution < -0.4 is 10.6 Å². The number of hydrogen-bond donors (Lipinski definition) is 2. The van der Waals surface area contributed by atoms with Crippen LogP contribution in [0.4, 0.5) is 10.1 Å². The van der Waals surface area contributed by atoms with Crippen LogP contribution in [0.3, 0.4) is 0 Å². The highest BCUT2D eigenvalue weighted by Crippen LogP contribution is 2.25. The molecule has 3 nitrogen and oxygen atoms in total. The van der Waals surface area contributed by atoms with E-state index in [1.165, 1.54) is 5.56 Å². The summed E-state index contributed by atoms with van der Waals surface area (Å²) in [6.45, 7) is 3.51. The number of hydrogen-bond acceptors (Lipinski definition) is 3. The zero-order valence-electron chi connectivity index (χ0n) is 13.7. The van der Waals surface area contributed by atoms with Crippen LogP contribution in [-0.4, -0.2) is 18.2 Å². The molecule has 1 aliphatic heterocycles. The van der Waals surface area contributed by atoms with E-state index >= 15 is 0 Å². The van der Waals surface area contributed by atoms with Gasteiger partial charge in [0.25, 0.3) is 0 Å². The first-order chi connectivity index (χ1) is 11.6. The highest BCUT2D eigenvalue weighted by atomic mass is 32.2. The molecule has 0 saturated heterocycles. The van der Waals surface area contributed by atoms with E-state index in [1.807, 2.05) is 13.0 Å². The summed E-state index contributed by atoms with van der Waals surface area (Å²) in [6.07, 6.45) is 1.02. The predicted octanol–water partition coefficient (Wildman–Crippen LogP) is 3.90. The number of thioether (sulfide) groups is 1. The van der Waals surface area contributed by atoms with Gasteiger partial charge in [-0.1, -0.05) is 23.8 Å². The Morgan fingerprint density at radius 1 is 1.25 bits per heavy atom. The van der Waals surface area contributed by atoms with Gasteiger partial charge in [0.05, 0.1) is 5.69 Å². The number of anilines is 1. The molecule has 1 heterocycles. The Labute approximate surface area is 146 Å². The lowest BCUT2D eigenvalue weighted by Gasteiger charge is -2.19. The molecule has 24 heavy (non-hydrogen) atoms. The molecule has 126 valence electrons. The Hall–Kier alpha value is -1.85. The maximum Gasteiger partial charge on any atom is 0.225 e. The van der Waals surface area contributed by atoms with Gasteiger partial charge in [-0.3, -0.25) is 4.79 Å². The standard InChI is InChI=1S/C19H21FN2OS/c1-13-2-5-15(6-3-13)24-11-9-18(23)22-17-7-4-14-12-21-10-8-16(14)19(17)20/h2-7,21H,8-12H2,1H3,(H,22,23). The molecule has 5 heteroatoms. The molecule has 0 unspecified atom stereocenters. The predicted molar refractivity (Wildman–Crippen MR) is 97.0 cm³/mol. The van der Waals surface area contributed by atoms with E-state index in [4.69, 9.17) is 0 Å². The van der Waals surface area contributed by atoms with Gasteiger partial charge in [-0.2, -0.15) is 0 Å². The summed E-state index contributed by atoms with van der Waals surface area (Å²) >= 11 is 1.63. The van der Waals surface area contributed by atoms with Crippen molar-refractivity contribution in [1.82, 2.24) is 5.32 Å². The fourth-order valence-electron chi connectivity index (χ4n) is 2.74. The van der Waals surface area contributed by atoms with Crippen molar-refractivity contribution in [2.45, 2.75) is 31.2 Å². The zero-order valence-corrected chi connectivity index (χ0v) is 14.5. The van der Waals surface area contributed by atoms with Gasteiger partial charge in [-0.15, -0.1) is 11.8 Å². The van der Waals surface area contributed by atoms with E-state index < -0.39 is 0 Å². The smallest absolute Gasteiger partial charge is 0.225 e. The van der Waals surface area contributed by atoms with E-state index in [2.05, 4.69) is 34.9 Å². The van der Waals surface area contributed by atoms with Gasteiger partial charge < -0.3 is 10.6 Å². The van der Waals surface area contributed by atoms with Gasteiger partial charge in [-0.25, -0.2) is 4.39 Å². The maximum absolute atomic E-state index is 14.5. The minimum absolute atomic E-state index is 0.151. The summed E-state index contributed by atoms with van der Waals surface area (Å²) in [7, 11) is 0. The summed E-state index contributed by atoms with van der Waals surface area (Å²) in [5, 5.41) is 5.93. The molecule has 0 aromatic heterocycles. The number of aryl methyl sites for hydroxylation is 1. The summed E-state index contributed by atoms with van der Waals surface area (Å²) in [4.78, 5) is 13.2. The monoisotopic (exact) mass is 344 g/mol. The number of benzene rings is 2. The van der Waals surface area contributed by atoms with Crippen LogP contribution in [0.15, 0.2) is 41.3 Å². The summed E-state index contributed by atoms with van der Waals surface area (Å²) < 4.78 is 14.5. The fraction of sp³-hybridized carbons (Fsp3) is 0.316. The number of fused-ring (bicyclic) bond motifs is 1. The van der Waals surface area contributed by atoms with Crippen molar-refractivity contribution in [2.75, 3.05) is 17.6 Å². The molecule has 1 aliphatic rings. The molecule has 0 fully saturated rings. The molecule has 1 amide bonds. The van der Waals surface area contributed by atoms with Crippen molar-refractivity contribution in [2.24, 2.45) is 0 Å². The lowest BCUT2D eigenvalue weighted by atomic mass is 9.99. The summed E-state index contributed by atoms with van der Waals surface area (Å²) in [6, 6.07) is 11.8. The Bertz CT molecular complexity index is 731. The van der Waals surface area contributed by atoms with Crippen LogP contribution in [0.25, 0.3) is 0 Å². The van der Waals surface area contributed by atoms with Crippen LogP contribution >= 0.6 is 11.8 Å². The molecular formula is C19H21FN2OS. The van der Waals surface area contributed by atoms with E-state index in [0.29, 0.717) is 30.8 Å². The molecule has 2 aromatic rings. The Morgan fingerprint density at radius 3 is 2.83 bits per heavy atom. The number of carbonyl (C=O) groups excluding carboxylic acids is 1. The second kappa shape index (κ2) is 7.81. The SMILES string of the molecule is Cc1ccc(SCCC(=O)Nc2ccc3c(c2F)CCNC3)cc1. The highest BCUT2D eigenvalue weighted by molar-refractivity contribution is 7.99. The van der Waals surface area contributed by atoms with Crippen molar-refractivity contribution < 1.29 is 9.18 Å². The molecule has 2 aromatic carbocycles. The van der Waals surface area contributed by atoms with E-state index in [-0.39, 0.29) is 11.7 Å². The number of halogens is 1. The quantitative estimate of drug-likeness (QED) is 0.808. The van der Waals surface area contributed by atoms with Crippen LogP contribution in [0, 0.1) is 12.7 Å². The number of amides is 1. The van der Waals surface area contributed by atoms with Crippen LogP contribution in [0.1, 0.15) is 23.1 Å². The molecule has 0 saturated carbocycles. The van der Waals surface area contributed by atoms with Crippen molar-refractivity contribution in [3.63, 3.8) is 0 Å². The van der Waals surface area contributed by atoms with Crippen molar-refractivity contribution in [3.8, 4) is 0 Å². The van der Waals surface area contributed by atoms with E-state index in [9.17, 15) is 9.18 Å². The second-order valence-electron chi connectivity index (χ2n) is 5.95. The molecule has 0 bridgehead atoms. The lowest BCUT2D eigenvalue weighted by molar-refractivity contribution is -0.115. The fourth-order valence-corrected chi connectivity index (χ4v) is 3.59. The molecule has 0 radical (unpaired) electrons. The normalized spacial score (nSPS) is 13.4. The first kappa shape index (κ1) is 17.0. The number of carbonyl (C=O) groups is 1. The second-order valence-corrected chi connectivity index (χ2v) is 7.12. The third-order valence-electron chi connectivity index (χ3n) is 4.10. The molecular weight excluding hydrogens is 323 g/mol. The first-order valence-corrected chi connectivity index (χ1v) is 9.12. The molecule has 0 spiro atoms. The minimum atomic E-state index is -0.284. The number of rotatable bonds is 5. The van der Waals surface area contributed by atoms with E-state index in [0.717, 1.165) is 22.6 Å². The largest absolute Gasteiger partial charge is 0.324 e. The van der Waals surface area contributed by atoms with Crippen molar-refractivity contribution >= 4 is 23.4 Å². The van der Waals surface area contributed by atoms with Crippen LogP contribution in [0.5, 0.6) is 0 Å². The van der Waals surface area contributed by atoms with E-state index in [1.54, 1.807) is 17.8 Å². The van der Waals surface area contributed by atoms with Gasteiger partial charge in [0.2, 0.25) is 5.91 Å². The van der Waals surface area contributed by atoms with Crippen molar-refractivity contribution in [3.05, 3.63) is 58.9 Å². The third kappa shape index (κ3) is 4.16. The average Bonchev–Trinajstić information content (AvgIpc) is 2.59. The van der Waals surface area contributed by atoms with Gasteiger partial charge in [0.1, 0.15) is 5.82 Å². The molecule has 3 rings (SSSR count). The first-order valence-electron chi connectivity index (χ1n) is 8.14. The zero-order chi connectivity index (χ0) is 16.9. The van der Waals surface area contributed by atoms with Gasteiger partial charge in [-0.05, 0) is 49.2 Å². The third-order valence-corrected chi connectivity index (χ3v) is 5.11. The van der Waals surface area contributed by atoms with Crippen LogP contribution in [0.2, 0.25) is 0 Å². The lowest BCUT2D eigenvalue weighted by Crippen LogP contribution is -2.25. The van der Waals surface area contributed by atoms with Gasteiger partial charge in [0.15, 0.2) is 0 Å². The molecule has 2 N–H and O–H groups in total. The summed E-state index contributed by atoms with van der Waals surface area (Å²) in [5.41, 5.74) is 3.21. The maximum atomic E-state index is 14.5. The summed E-state index contributed by atoms with van der Waals surface area (Å²) in [5.74, 6) is 0.238. The topological polar surface area (TPSA) is 41.1 Å². The Morgan fingerprint density at radius 2 is 2.04 bits per heavy atom. The highest BCUT2D eigenvalue weighted by Gasteiger charge is 2.17. The average molecular weight is 344 g/mol. The van der Waals surface area contributed by atoms with Gasteiger partial charge in [0, 0.05) is 23.6 Å². The Kier molecular flexibility index (Phi) is 5.53. The molecule has 0 aliphatic carbocycles. The van der Waals surface area contributed by atoms with Crippen molar-refractivity contribution in [1.29, 1.82) is 0 Å².